The number of anilines is 1. The van der Waals surface area contributed by atoms with Gasteiger partial charge in [0, 0.05) is 35.8 Å². The first-order valence-electron chi connectivity index (χ1n) is 11.7. The molecule has 2 aliphatic heterocycles. The van der Waals surface area contributed by atoms with E-state index < -0.39 is 0 Å². The molecule has 178 valence electrons. The number of nitrogens with zero attached hydrogens (tertiary/aromatic N) is 6. The number of hydrogen-bond acceptors (Lipinski definition) is 6. The molecule has 1 fully saturated rings. The molecule has 0 aliphatic carbocycles. The van der Waals surface area contributed by atoms with Crippen molar-refractivity contribution in [3.63, 3.8) is 0 Å². The average molecular weight is 480 g/mol. The molecule has 5 aromatic rings. The minimum absolute atomic E-state index is 0.121. The fraction of sp³-hybridized carbons (Fsp3) is 0.185. The number of rotatable bonds is 4. The highest BCUT2D eigenvalue weighted by molar-refractivity contribution is 6.17. The van der Waals surface area contributed by atoms with Gasteiger partial charge in [0.2, 0.25) is 0 Å². The molecule has 36 heavy (non-hydrogen) atoms. The number of aromatic nitrogens is 5. The van der Waals surface area contributed by atoms with E-state index in [1.54, 1.807) is 12.3 Å². The van der Waals surface area contributed by atoms with E-state index >= 15 is 0 Å². The van der Waals surface area contributed by atoms with Crippen molar-refractivity contribution < 1.29 is 9.13 Å². The molecule has 4 aromatic heterocycles. The van der Waals surface area contributed by atoms with Crippen LogP contribution in [0.15, 0.2) is 59.9 Å². The SMILES string of the molecule is COc1cc(F)cc(-c2nccc3[nH]c(C4=NC5CN5c5ccc(-c6cnc(C)n6C)nc54)cc23)c1. The summed E-state index contributed by atoms with van der Waals surface area (Å²) >= 11 is 0. The lowest BCUT2D eigenvalue weighted by atomic mass is 10.1. The zero-order valence-electron chi connectivity index (χ0n) is 20.0. The fourth-order valence-electron chi connectivity index (χ4n) is 4.87. The highest BCUT2D eigenvalue weighted by atomic mass is 19.1. The van der Waals surface area contributed by atoms with Gasteiger partial charge in [-0.2, -0.15) is 0 Å². The van der Waals surface area contributed by atoms with E-state index in [1.165, 1.54) is 19.2 Å². The number of aromatic amines is 1. The van der Waals surface area contributed by atoms with Crippen LogP contribution >= 0.6 is 0 Å². The van der Waals surface area contributed by atoms with Gasteiger partial charge in [0.15, 0.2) is 0 Å². The third-order valence-electron chi connectivity index (χ3n) is 6.94. The Balaban J connectivity index is 1.37. The van der Waals surface area contributed by atoms with Gasteiger partial charge in [-0.1, -0.05) is 0 Å². The van der Waals surface area contributed by atoms with Gasteiger partial charge in [-0.05, 0) is 43.3 Å². The van der Waals surface area contributed by atoms with Crippen molar-refractivity contribution in [2.45, 2.75) is 13.1 Å². The van der Waals surface area contributed by atoms with Crippen molar-refractivity contribution >= 4 is 22.3 Å². The van der Waals surface area contributed by atoms with Gasteiger partial charge in [-0.3, -0.25) is 9.98 Å². The van der Waals surface area contributed by atoms with Crippen LogP contribution in [-0.2, 0) is 7.05 Å². The highest BCUT2D eigenvalue weighted by Crippen LogP contribution is 2.39. The van der Waals surface area contributed by atoms with Crippen molar-refractivity contribution in [1.29, 1.82) is 0 Å². The smallest absolute Gasteiger partial charge is 0.139 e. The molecule has 6 heterocycles. The second-order valence-electron chi connectivity index (χ2n) is 9.11. The van der Waals surface area contributed by atoms with Crippen LogP contribution in [-0.4, -0.2) is 50.0 Å². The number of hydrogen-bond donors (Lipinski definition) is 1. The molecule has 1 unspecified atom stereocenters. The van der Waals surface area contributed by atoms with Crippen molar-refractivity contribution in [2.24, 2.45) is 12.0 Å². The second-order valence-corrected chi connectivity index (χ2v) is 9.11. The zero-order chi connectivity index (χ0) is 24.6. The van der Waals surface area contributed by atoms with Gasteiger partial charge in [0.25, 0.3) is 0 Å². The van der Waals surface area contributed by atoms with Gasteiger partial charge < -0.3 is 19.2 Å². The summed E-state index contributed by atoms with van der Waals surface area (Å²) in [5.74, 6) is 0.996. The zero-order valence-corrected chi connectivity index (χ0v) is 20.0. The maximum absolute atomic E-state index is 14.3. The Kier molecular flexibility index (Phi) is 4.33. The summed E-state index contributed by atoms with van der Waals surface area (Å²) in [6, 6.07) is 12.7. The minimum atomic E-state index is -0.375. The average Bonchev–Trinajstić information content (AvgIpc) is 3.43. The number of methoxy groups -OCH3 is 1. The standard InChI is InChI=1S/C27H22FN7O/c1-14-30-12-23(34(14)2)20-4-5-22-27(32-20)26(33-24-13-35(22)24)21-11-18-19(31-21)6-7-29-25(18)15-8-16(28)10-17(9-15)36-3/h4-12,24,31H,13H2,1-3H3. The summed E-state index contributed by atoms with van der Waals surface area (Å²) in [7, 11) is 3.51. The lowest BCUT2D eigenvalue weighted by Gasteiger charge is -2.18. The van der Waals surface area contributed by atoms with E-state index in [2.05, 4.69) is 25.9 Å². The topological polar surface area (TPSA) is 84.0 Å². The summed E-state index contributed by atoms with van der Waals surface area (Å²) < 4.78 is 21.6. The first-order chi connectivity index (χ1) is 17.5. The number of ether oxygens (including phenoxy) is 1. The van der Waals surface area contributed by atoms with E-state index in [1.807, 2.05) is 42.9 Å². The molecule has 1 aromatic carbocycles. The molecule has 9 heteroatoms. The van der Waals surface area contributed by atoms with Gasteiger partial charge in [0.1, 0.15) is 35.0 Å². The Bertz CT molecular complexity index is 1720. The molecule has 1 atom stereocenters. The van der Waals surface area contributed by atoms with Gasteiger partial charge in [-0.15, -0.1) is 0 Å². The summed E-state index contributed by atoms with van der Waals surface area (Å²) in [5, 5.41) is 0.876. The van der Waals surface area contributed by atoms with Crippen LogP contribution in [0.2, 0.25) is 0 Å². The Morgan fingerprint density at radius 3 is 2.78 bits per heavy atom. The van der Waals surface area contributed by atoms with E-state index in [4.69, 9.17) is 14.7 Å². The lowest BCUT2D eigenvalue weighted by molar-refractivity contribution is 0.411. The first kappa shape index (κ1) is 20.8. The molecule has 0 bridgehead atoms. The Morgan fingerprint density at radius 2 is 1.97 bits per heavy atom. The predicted octanol–water partition coefficient (Wildman–Crippen LogP) is 4.48. The van der Waals surface area contributed by atoms with Crippen LogP contribution in [0.1, 0.15) is 17.2 Å². The molecule has 8 nitrogen and oxygen atoms in total. The van der Waals surface area contributed by atoms with Crippen molar-refractivity contribution in [1.82, 2.24) is 24.5 Å². The monoisotopic (exact) mass is 479 g/mol. The van der Waals surface area contributed by atoms with Gasteiger partial charge in [-0.25, -0.2) is 14.4 Å². The number of imidazole rings is 1. The molecule has 0 radical (unpaired) electrons. The molecule has 1 saturated heterocycles. The van der Waals surface area contributed by atoms with E-state index in [0.29, 0.717) is 17.0 Å². The third kappa shape index (κ3) is 3.12. The van der Waals surface area contributed by atoms with Crippen LogP contribution in [0.25, 0.3) is 33.5 Å². The van der Waals surface area contributed by atoms with Gasteiger partial charge >= 0.3 is 0 Å². The molecule has 7 rings (SSSR count). The summed E-state index contributed by atoms with van der Waals surface area (Å²) in [6.07, 6.45) is 3.68. The maximum atomic E-state index is 14.3. The number of aryl methyl sites for hydroxylation is 1. The van der Waals surface area contributed by atoms with E-state index in [9.17, 15) is 4.39 Å². The quantitative estimate of drug-likeness (QED) is 0.384. The summed E-state index contributed by atoms with van der Waals surface area (Å²) in [4.78, 5) is 24.8. The number of benzene rings is 1. The Hall–Kier alpha value is -4.53. The van der Waals surface area contributed by atoms with Crippen LogP contribution in [0, 0.1) is 12.7 Å². The number of pyridine rings is 2. The highest BCUT2D eigenvalue weighted by Gasteiger charge is 2.41. The maximum Gasteiger partial charge on any atom is 0.139 e. The molecular weight excluding hydrogens is 457 g/mol. The van der Waals surface area contributed by atoms with Crippen LogP contribution in [0.3, 0.4) is 0 Å². The fourth-order valence-corrected chi connectivity index (χ4v) is 4.87. The predicted molar refractivity (Wildman–Crippen MR) is 136 cm³/mol. The summed E-state index contributed by atoms with van der Waals surface area (Å²) in [5.41, 5.74) is 7.55. The largest absolute Gasteiger partial charge is 0.497 e. The molecular formula is C27H22FN7O. The van der Waals surface area contributed by atoms with Crippen molar-refractivity contribution in [3.05, 3.63) is 77.9 Å². The van der Waals surface area contributed by atoms with Gasteiger partial charge in [0.05, 0.1) is 48.3 Å². The molecule has 0 amide bonds. The Morgan fingerprint density at radius 1 is 1.08 bits per heavy atom. The number of halogens is 1. The lowest BCUT2D eigenvalue weighted by Crippen LogP contribution is -2.18. The number of aliphatic imine (C=N–C) groups is 1. The minimum Gasteiger partial charge on any atom is -0.497 e. The summed E-state index contributed by atoms with van der Waals surface area (Å²) in [6.45, 7) is 2.85. The molecule has 1 N–H and O–H groups in total. The number of fused-ring (bicyclic) bond motifs is 4. The number of nitrogens with one attached hydrogen (secondary N) is 1. The molecule has 0 saturated carbocycles. The van der Waals surface area contributed by atoms with Crippen molar-refractivity contribution in [2.75, 3.05) is 18.6 Å². The number of H-pyrrole nitrogens is 1. The third-order valence-corrected chi connectivity index (χ3v) is 6.94. The normalized spacial score (nSPS) is 16.1. The van der Waals surface area contributed by atoms with Crippen LogP contribution < -0.4 is 9.64 Å². The van der Waals surface area contributed by atoms with Crippen LogP contribution in [0.5, 0.6) is 5.75 Å². The molecule has 2 aliphatic rings. The Labute approximate surface area is 206 Å². The van der Waals surface area contributed by atoms with E-state index in [-0.39, 0.29) is 12.0 Å². The van der Waals surface area contributed by atoms with Crippen molar-refractivity contribution in [3.8, 4) is 28.4 Å². The van der Waals surface area contributed by atoms with E-state index in [0.717, 1.165) is 57.4 Å². The van der Waals surface area contributed by atoms with Crippen LogP contribution in [0.4, 0.5) is 10.1 Å². The first-order valence-corrected chi connectivity index (χ1v) is 11.7. The molecule has 0 spiro atoms. The second kappa shape index (κ2) is 7.48.